The van der Waals surface area contributed by atoms with E-state index in [4.69, 9.17) is 4.74 Å². The maximum atomic E-state index is 13.0. The molecule has 3 heterocycles. The van der Waals surface area contributed by atoms with Gasteiger partial charge in [-0.05, 0) is 44.0 Å². The monoisotopic (exact) mass is 371 g/mol. The second-order valence-electron chi connectivity index (χ2n) is 7.17. The van der Waals surface area contributed by atoms with E-state index < -0.39 is 0 Å². The molecule has 7 nitrogen and oxygen atoms in total. The highest BCUT2D eigenvalue weighted by molar-refractivity contribution is 5.96. The number of ether oxygens (including phenoxy) is 1. The van der Waals surface area contributed by atoms with Crippen molar-refractivity contribution in [1.29, 1.82) is 0 Å². The largest absolute Gasteiger partial charge is 0.480 e. The van der Waals surface area contributed by atoms with Gasteiger partial charge in [-0.3, -0.25) is 14.4 Å². The van der Waals surface area contributed by atoms with Gasteiger partial charge in [-0.25, -0.2) is 4.98 Å². The zero-order chi connectivity index (χ0) is 19.4. The van der Waals surface area contributed by atoms with Crippen molar-refractivity contribution in [2.75, 3.05) is 33.8 Å². The summed E-state index contributed by atoms with van der Waals surface area (Å²) in [4.78, 5) is 21.4. The SMILES string of the molecule is CCN1CCC[C@@H](CN(C)C(=O)c2cccnc2OC)[C@@H]1c1cnn(C)c1. The smallest absolute Gasteiger partial charge is 0.259 e. The molecule has 2 aromatic rings. The maximum Gasteiger partial charge on any atom is 0.259 e. The zero-order valence-electron chi connectivity index (χ0n) is 16.6. The van der Waals surface area contributed by atoms with E-state index in [1.165, 1.54) is 12.7 Å². The first-order chi connectivity index (χ1) is 13.0. The molecule has 0 unspecified atom stereocenters. The summed E-state index contributed by atoms with van der Waals surface area (Å²) in [5, 5.41) is 4.36. The van der Waals surface area contributed by atoms with Crippen LogP contribution in [0.3, 0.4) is 0 Å². The van der Waals surface area contributed by atoms with Gasteiger partial charge in [-0.15, -0.1) is 0 Å². The summed E-state index contributed by atoms with van der Waals surface area (Å²) in [6, 6.07) is 3.81. The van der Waals surface area contributed by atoms with E-state index in [0.717, 1.165) is 25.9 Å². The molecule has 146 valence electrons. The Morgan fingerprint density at radius 1 is 1.44 bits per heavy atom. The van der Waals surface area contributed by atoms with E-state index in [2.05, 4.69) is 28.1 Å². The molecule has 0 aliphatic carbocycles. The van der Waals surface area contributed by atoms with Gasteiger partial charge in [-0.1, -0.05) is 6.92 Å². The predicted octanol–water partition coefficient (Wildman–Crippen LogP) is 2.37. The molecule has 1 aliphatic heterocycles. The number of methoxy groups -OCH3 is 1. The number of hydrogen-bond donors (Lipinski definition) is 0. The van der Waals surface area contributed by atoms with E-state index in [0.29, 0.717) is 23.9 Å². The molecule has 7 heteroatoms. The van der Waals surface area contributed by atoms with Crippen molar-refractivity contribution in [3.05, 3.63) is 41.9 Å². The Bertz CT molecular complexity index is 775. The van der Waals surface area contributed by atoms with Gasteiger partial charge in [0.05, 0.1) is 13.3 Å². The first kappa shape index (κ1) is 19.4. The summed E-state index contributed by atoms with van der Waals surface area (Å²) in [5.74, 6) is 0.676. The van der Waals surface area contributed by atoms with Crippen molar-refractivity contribution in [3.63, 3.8) is 0 Å². The minimum atomic E-state index is -0.0569. The summed E-state index contributed by atoms with van der Waals surface area (Å²) in [6.45, 7) is 4.96. The molecule has 1 aliphatic rings. The Morgan fingerprint density at radius 2 is 2.26 bits per heavy atom. The third-order valence-electron chi connectivity index (χ3n) is 5.38. The lowest BCUT2D eigenvalue weighted by atomic mass is 9.85. The molecule has 0 saturated carbocycles. The molecular formula is C20H29N5O2. The van der Waals surface area contributed by atoms with Gasteiger partial charge in [0, 0.05) is 44.6 Å². The number of piperidine rings is 1. The fourth-order valence-electron chi connectivity index (χ4n) is 4.13. The van der Waals surface area contributed by atoms with Crippen molar-refractivity contribution < 1.29 is 9.53 Å². The number of likely N-dealkylation sites (tertiary alicyclic amines) is 1. The third-order valence-corrected chi connectivity index (χ3v) is 5.38. The number of rotatable bonds is 6. The number of aryl methyl sites for hydroxylation is 1. The summed E-state index contributed by atoms with van der Waals surface area (Å²) in [7, 11) is 5.35. The van der Waals surface area contributed by atoms with Crippen LogP contribution in [0.2, 0.25) is 0 Å². The van der Waals surface area contributed by atoms with Crippen LogP contribution < -0.4 is 4.74 Å². The molecule has 1 fully saturated rings. The zero-order valence-corrected chi connectivity index (χ0v) is 16.6. The molecule has 0 N–H and O–H groups in total. The molecule has 0 bridgehead atoms. The van der Waals surface area contributed by atoms with Crippen molar-refractivity contribution in [1.82, 2.24) is 24.6 Å². The molecule has 1 saturated heterocycles. The van der Waals surface area contributed by atoms with Crippen molar-refractivity contribution in [3.8, 4) is 5.88 Å². The van der Waals surface area contributed by atoms with E-state index in [-0.39, 0.29) is 11.9 Å². The van der Waals surface area contributed by atoms with Crippen molar-refractivity contribution >= 4 is 5.91 Å². The average Bonchev–Trinajstić information content (AvgIpc) is 3.12. The first-order valence-electron chi connectivity index (χ1n) is 9.52. The van der Waals surface area contributed by atoms with E-state index in [1.54, 1.807) is 23.2 Å². The Morgan fingerprint density at radius 3 is 2.93 bits per heavy atom. The lowest BCUT2D eigenvalue weighted by Crippen LogP contribution is -2.44. The number of nitrogens with zero attached hydrogens (tertiary/aromatic N) is 5. The van der Waals surface area contributed by atoms with Crippen LogP contribution in [0.5, 0.6) is 5.88 Å². The standard InChI is InChI=1S/C20H29N5O2/c1-5-25-11-7-8-15(18(25)16-12-22-24(3)14-16)13-23(2)20(26)17-9-6-10-21-19(17)27-4/h6,9-10,12,14-15,18H,5,7-8,11,13H2,1-4H3/t15-,18+/m0/s1. The quantitative estimate of drug-likeness (QED) is 0.780. The van der Waals surface area contributed by atoms with Crippen LogP contribution in [0.1, 0.15) is 41.7 Å². The van der Waals surface area contributed by atoms with Crippen LogP contribution in [0, 0.1) is 5.92 Å². The molecule has 0 aromatic carbocycles. The predicted molar refractivity (Wildman–Crippen MR) is 104 cm³/mol. The van der Waals surface area contributed by atoms with Crippen LogP contribution in [0.25, 0.3) is 0 Å². The average molecular weight is 371 g/mol. The fourth-order valence-corrected chi connectivity index (χ4v) is 4.13. The summed E-state index contributed by atoms with van der Waals surface area (Å²) < 4.78 is 7.11. The Kier molecular flexibility index (Phi) is 6.11. The molecule has 27 heavy (non-hydrogen) atoms. The highest BCUT2D eigenvalue weighted by Crippen LogP contribution is 2.36. The highest BCUT2D eigenvalue weighted by Gasteiger charge is 2.34. The fraction of sp³-hybridized carbons (Fsp3) is 0.550. The first-order valence-corrected chi connectivity index (χ1v) is 9.52. The maximum absolute atomic E-state index is 13.0. The molecule has 0 spiro atoms. The van der Waals surface area contributed by atoms with Crippen molar-refractivity contribution in [2.45, 2.75) is 25.8 Å². The Balaban J connectivity index is 1.80. The van der Waals surface area contributed by atoms with Gasteiger partial charge in [0.25, 0.3) is 5.91 Å². The highest BCUT2D eigenvalue weighted by atomic mass is 16.5. The van der Waals surface area contributed by atoms with Gasteiger partial charge in [0.15, 0.2) is 0 Å². The van der Waals surface area contributed by atoms with Crippen LogP contribution in [0.4, 0.5) is 0 Å². The van der Waals surface area contributed by atoms with E-state index >= 15 is 0 Å². The van der Waals surface area contributed by atoms with E-state index in [1.807, 2.05) is 25.0 Å². The van der Waals surface area contributed by atoms with E-state index in [9.17, 15) is 4.79 Å². The summed E-state index contributed by atoms with van der Waals surface area (Å²) >= 11 is 0. The number of aromatic nitrogens is 3. The number of amides is 1. The Hall–Kier alpha value is -2.41. The van der Waals surface area contributed by atoms with Crippen LogP contribution in [0.15, 0.2) is 30.7 Å². The number of hydrogen-bond acceptors (Lipinski definition) is 5. The topological polar surface area (TPSA) is 63.5 Å². The lowest BCUT2D eigenvalue weighted by molar-refractivity contribution is 0.0586. The molecule has 0 radical (unpaired) electrons. The lowest BCUT2D eigenvalue weighted by Gasteiger charge is -2.42. The second-order valence-corrected chi connectivity index (χ2v) is 7.17. The minimum absolute atomic E-state index is 0.0569. The van der Waals surface area contributed by atoms with Crippen molar-refractivity contribution in [2.24, 2.45) is 13.0 Å². The van der Waals surface area contributed by atoms with Gasteiger partial charge in [-0.2, -0.15) is 5.10 Å². The molecule has 3 rings (SSSR count). The second kappa shape index (κ2) is 8.52. The van der Waals surface area contributed by atoms with Crippen LogP contribution >= 0.6 is 0 Å². The number of pyridine rings is 1. The minimum Gasteiger partial charge on any atom is -0.480 e. The normalized spacial score (nSPS) is 20.4. The van der Waals surface area contributed by atoms with Gasteiger partial charge in [0.1, 0.15) is 5.56 Å². The molecule has 2 aromatic heterocycles. The Labute approximate surface area is 160 Å². The van der Waals surface area contributed by atoms with Gasteiger partial charge in [0.2, 0.25) is 5.88 Å². The van der Waals surface area contributed by atoms with Crippen LogP contribution in [-0.4, -0.2) is 64.3 Å². The number of carbonyl (C=O) groups excluding carboxylic acids is 1. The van der Waals surface area contributed by atoms with Gasteiger partial charge < -0.3 is 9.64 Å². The summed E-state index contributed by atoms with van der Waals surface area (Å²) in [5.41, 5.74) is 1.73. The molecule has 2 atom stereocenters. The van der Waals surface area contributed by atoms with Crippen LogP contribution in [-0.2, 0) is 7.05 Å². The molecular weight excluding hydrogens is 342 g/mol. The third kappa shape index (κ3) is 4.13. The van der Waals surface area contributed by atoms with Gasteiger partial charge >= 0.3 is 0 Å². The molecule has 1 amide bonds. The number of carbonyl (C=O) groups is 1. The summed E-state index contributed by atoms with van der Waals surface area (Å²) in [6.07, 6.45) is 7.93.